The van der Waals surface area contributed by atoms with Crippen LogP contribution in [0.4, 0.5) is 11.4 Å². The molecule has 0 unspecified atom stereocenters. The van der Waals surface area contributed by atoms with Crippen LogP contribution in [-0.2, 0) is 10.0 Å². The Morgan fingerprint density at radius 1 is 1.33 bits per heavy atom. The number of hydrogen-bond donors (Lipinski definition) is 1. The summed E-state index contributed by atoms with van der Waals surface area (Å²) in [6.45, 7) is 3.82. The summed E-state index contributed by atoms with van der Waals surface area (Å²) in [6.07, 6.45) is 1.37. The van der Waals surface area contributed by atoms with Crippen LogP contribution in [0.1, 0.15) is 26.7 Å². The largest absolute Gasteiger partial charge is 0.383 e. The summed E-state index contributed by atoms with van der Waals surface area (Å²) in [6, 6.07) is 3.76. The molecule has 0 aliphatic carbocycles. The van der Waals surface area contributed by atoms with E-state index in [1.165, 1.54) is 23.5 Å². The monoisotopic (exact) mass is 315 g/mol. The molecule has 0 radical (unpaired) electrons. The van der Waals surface area contributed by atoms with Crippen LogP contribution in [-0.4, -0.2) is 37.8 Å². The van der Waals surface area contributed by atoms with Gasteiger partial charge in [-0.25, -0.2) is 8.42 Å². The summed E-state index contributed by atoms with van der Waals surface area (Å²) in [4.78, 5) is 10.4. The smallest absolute Gasteiger partial charge is 0.293 e. The number of rotatable bonds is 7. The molecule has 1 rings (SSSR count). The molecule has 0 atom stereocenters. The number of sulfonamides is 1. The molecule has 0 aliphatic heterocycles. The van der Waals surface area contributed by atoms with Gasteiger partial charge < -0.3 is 5.32 Å². The average Bonchev–Trinajstić information content (AvgIpc) is 2.47. The third-order valence-electron chi connectivity index (χ3n) is 3.57. The molecule has 7 nitrogen and oxygen atoms in total. The maximum Gasteiger partial charge on any atom is 0.293 e. The van der Waals surface area contributed by atoms with Crippen LogP contribution >= 0.6 is 0 Å². The Balaban J connectivity index is 3.32. The molecule has 0 fully saturated rings. The summed E-state index contributed by atoms with van der Waals surface area (Å²) in [5.41, 5.74) is 0.0284. The van der Waals surface area contributed by atoms with Gasteiger partial charge in [-0.05, 0) is 25.0 Å². The van der Waals surface area contributed by atoms with E-state index in [4.69, 9.17) is 0 Å². The molecule has 0 saturated heterocycles. The number of nitro benzene ring substituents is 1. The fourth-order valence-corrected chi connectivity index (χ4v) is 3.72. The molecule has 1 aromatic carbocycles. The lowest BCUT2D eigenvalue weighted by molar-refractivity contribution is -0.384. The number of nitrogens with one attached hydrogen (secondary N) is 1. The predicted molar refractivity (Wildman–Crippen MR) is 82.0 cm³/mol. The van der Waals surface area contributed by atoms with Gasteiger partial charge in [-0.1, -0.05) is 13.8 Å². The lowest BCUT2D eigenvalue weighted by Gasteiger charge is -2.25. The minimum Gasteiger partial charge on any atom is -0.383 e. The fourth-order valence-electron chi connectivity index (χ4n) is 2.20. The van der Waals surface area contributed by atoms with Crippen molar-refractivity contribution in [1.82, 2.24) is 4.31 Å². The molecule has 0 heterocycles. The second kappa shape index (κ2) is 6.86. The third kappa shape index (κ3) is 3.51. The Morgan fingerprint density at radius 2 is 1.90 bits per heavy atom. The van der Waals surface area contributed by atoms with E-state index >= 15 is 0 Å². The number of nitrogens with zero attached hydrogens (tertiary/aromatic N) is 2. The van der Waals surface area contributed by atoms with Crippen molar-refractivity contribution >= 4 is 21.4 Å². The molecule has 1 N–H and O–H groups in total. The van der Waals surface area contributed by atoms with E-state index in [0.29, 0.717) is 12.8 Å². The maximum absolute atomic E-state index is 12.5. The second-order valence-electron chi connectivity index (χ2n) is 4.68. The van der Waals surface area contributed by atoms with E-state index in [2.05, 4.69) is 5.32 Å². The lowest BCUT2D eigenvalue weighted by Crippen LogP contribution is -2.36. The minimum atomic E-state index is -3.74. The van der Waals surface area contributed by atoms with Crippen LogP contribution in [0, 0.1) is 10.1 Å². The van der Waals surface area contributed by atoms with E-state index < -0.39 is 14.9 Å². The van der Waals surface area contributed by atoms with Crippen LogP contribution in [0.15, 0.2) is 23.1 Å². The van der Waals surface area contributed by atoms with Gasteiger partial charge in [-0.2, -0.15) is 4.31 Å². The first kappa shape index (κ1) is 17.4. The van der Waals surface area contributed by atoms with E-state index in [-0.39, 0.29) is 22.3 Å². The third-order valence-corrected chi connectivity index (χ3v) is 5.47. The van der Waals surface area contributed by atoms with Gasteiger partial charge in [0.15, 0.2) is 0 Å². The molecule has 0 aliphatic rings. The first-order valence-corrected chi connectivity index (χ1v) is 8.17. The van der Waals surface area contributed by atoms with Gasteiger partial charge in [-0.3, -0.25) is 10.1 Å². The van der Waals surface area contributed by atoms with Gasteiger partial charge in [-0.15, -0.1) is 0 Å². The normalized spacial score (nSPS) is 11.9. The van der Waals surface area contributed by atoms with E-state index in [0.717, 1.165) is 6.07 Å². The Kier molecular flexibility index (Phi) is 5.68. The van der Waals surface area contributed by atoms with E-state index in [9.17, 15) is 18.5 Å². The Hall–Kier alpha value is -1.67. The van der Waals surface area contributed by atoms with Crippen molar-refractivity contribution in [3.8, 4) is 0 Å². The quantitative estimate of drug-likeness (QED) is 0.616. The molecule has 0 spiro atoms. The number of anilines is 1. The maximum atomic E-state index is 12.5. The Morgan fingerprint density at radius 3 is 2.33 bits per heavy atom. The van der Waals surface area contributed by atoms with Crippen LogP contribution in [0.3, 0.4) is 0 Å². The molecule has 0 aromatic heterocycles. The number of benzene rings is 1. The highest BCUT2D eigenvalue weighted by Gasteiger charge is 2.28. The zero-order valence-electron chi connectivity index (χ0n) is 12.7. The van der Waals surface area contributed by atoms with Crippen LogP contribution in [0.2, 0.25) is 0 Å². The highest BCUT2D eigenvalue weighted by atomic mass is 32.2. The molecule has 118 valence electrons. The van der Waals surface area contributed by atoms with Crippen molar-refractivity contribution in [2.45, 2.75) is 37.6 Å². The van der Waals surface area contributed by atoms with Crippen molar-refractivity contribution in [2.24, 2.45) is 0 Å². The van der Waals surface area contributed by atoms with Gasteiger partial charge in [0, 0.05) is 26.2 Å². The van der Waals surface area contributed by atoms with Crippen molar-refractivity contribution < 1.29 is 13.3 Å². The summed E-state index contributed by atoms with van der Waals surface area (Å²) < 4.78 is 26.4. The van der Waals surface area contributed by atoms with Crippen LogP contribution in [0.5, 0.6) is 0 Å². The Bertz CT molecular complexity index is 612. The predicted octanol–water partition coefficient (Wildman–Crippen LogP) is 2.45. The van der Waals surface area contributed by atoms with Crippen LogP contribution in [0.25, 0.3) is 0 Å². The Labute approximate surface area is 125 Å². The fraction of sp³-hybridized carbons (Fsp3) is 0.538. The highest BCUT2D eigenvalue weighted by Crippen LogP contribution is 2.29. The summed E-state index contributed by atoms with van der Waals surface area (Å²) in [5, 5.41) is 13.7. The molecule has 8 heteroatoms. The number of hydrogen-bond acceptors (Lipinski definition) is 5. The summed E-state index contributed by atoms with van der Waals surface area (Å²) in [5.74, 6) is 0. The number of nitro groups is 1. The van der Waals surface area contributed by atoms with Crippen molar-refractivity contribution in [1.29, 1.82) is 0 Å². The SMILES string of the molecule is CCC(CC)N(C)S(=O)(=O)c1ccc(NC)c([N+](=O)[O-])c1. The molecule has 0 saturated carbocycles. The van der Waals surface area contributed by atoms with Gasteiger partial charge in [0.25, 0.3) is 5.69 Å². The molecule has 0 bridgehead atoms. The highest BCUT2D eigenvalue weighted by molar-refractivity contribution is 7.89. The molecule has 0 amide bonds. The van der Waals surface area contributed by atoms with Crippen molar-refractivity contribution in [3.05, 3.63) is 28.3 Å². The van der Waals surface area contributed by atoms with Gasteiger partial charge in [0.05, 0.1) is 9.82 Å². The van der Waals surface area contributed by atoms with Gasteiger partial charge in [0.2, 0.25) is 10.0 Å². The first-order valence-electron chi connectivity index (χ1n) is 6.73. The van der Waals surface area contributed by atoms with E-state index in [1.54, 1.807) is 7.05 Å². The lowest BCUT2D eigenvalue weighted by atomic mass is 10.2. The van der Waals surface area contributed by atoms with Gasteiger partial charge in [0.1, 0.15) is 5.69 Å². The average molecular weight is 315 g/mol. The summed E-state index contributed by atoms with van der Waals surface area (Å²) in [7, 11) is -0.689. The second-order valence-corrected chi connectivity index (χ2v) is 6.68. The molecular weight excluding hydrogens is 294 g/mol. The molecule has 21 heavy (non-hydrogen) atoms. The van der Waals surface area contributed by atoms with Gasteiger partial charge >= 0.3 is 0 Å². The molecular formula is C13H21N3O4S. The van der Waals surface area contributed by atoms with Crippen molar-refractivity contribution in [2.75, 3.05) is 19.4 Å². The summed E-state index contributed by atoms with van der Waals surface area (Å²) >= 11 is 0. The zero-order chi connectivity index (χ0) is 16.2. The standard InChI is InChI=1S/C13H21N3O4S/c1-5-10(6-2)15(4)21(19,20)11-7-8-12(14-3)13(9-11)16(17)18/h7-10,14H,5-6H2,1-4H3. The first-order chi connectivity index (χ1) is 9.79. The van der Waals surface area contributed by atoms with E-state index in [1.807, 2.05) is 13.8 Å². The van der Waals surface area contributed by atoms with Crippen LogP contribution < -0.4 is 5.32 Å². The zero-order valence-corrected chi connectivity index (χ0v) is 13.5. The topological polar surface area (TPSA) is 92.6 Å². The molecule has 1 aromatic rings. The minimum absolute atomic E-state index is 0.0670. The van der Waals surface area contributed by atoms with Crippen molar-refractivity contribution in [3.63, 3.8) is 0 Å².